The molecule has 2 aromatic rings. The zero-order valence-corrected chi connectivity index (χ0v) is 15.3. The van der Waals surface area contributed by atoms with Crippen molar-refractivity contribution in [3.05, 3.63) is 58.1 Å². The molecule has 8 heteroatoms. The fourth-order valence-electron chi connectivity index (χ4n) is 2.24. The minimum Gasteiger partial charge on any atom is -0.494 e. The molecule has 0 saturated heterocycles. The number of benzene rings is 2. The number of carbonyl (C=O) groups is 1. The van der Waals surface area contributed by atoms with Crippen molar-refractivity contribution in [1.29, 1.82) is 0 Å². The molecule has 0 atom stereocenters. The minimum absolute atomic E-state index is 0.0615. The van der Waals surface area contributed by atoms with Gasteiger partial charge in [0.1, 0.15) is 18.1 Å². The van der Waals surface area contributed by atoms with E-state index in [9.17, 15) is 14.9 Å². The van der Waals surface area contributed by atoms with Gasteiger partial charge in [0.25, 0.3) is 5.91 Å². The number of amides is 1. The van der Waals surface area contributed by atoms with Crippen LogP contribution in [-0.4, -0.2) is 37.2 Å². The van der Waals surface area contributed by atoms with Gasteiger partial charge in [-0.3, -0.25) is 14.9 Å². The van der Waals surface area contributed by atoms with Gasteiger partial charge >= 0.3 is 5.69 Å². The average Bonchev–Trinajstić information content (AvgIpc) is 2.65. The first-order valence-corrected chi connectivity index (χ1v) is 8.49. The van der Waals surface area contributed by atoms with Crippen molar-refractivity contribution in [1.82, 2.24) is 5.32 Å². The Labute approximate surface area is 157 Å². The fraction of sp³-hybridized carbons (Fsp3) is 0.316. The van der Waals surface area contributed by atoms with Crippen LogP contribution in [0.25, 0.3) is 0 Å². The predicted octanol–water partition coefficient (Wildman–Crippen LogP) is 2.88. The van der Waals surface area contributed by atoms with E-state index >= 15 is 0 Å². The Morgan fingerprint density at radius 2 is 1.74 bits per heavy atom. The van der Waals surface area contributed by atoms with Gasteiger partial charge in [0.2, 0.25) is 0 Å². The molecule has 2 rings (SSSR count). The second kappa shape index (κ2) is 10.0. The van der Waals surface area contributed by atoms with Crippen molar-refractivity contribution in [3.63, 3.8) is 0 Å². The maximum atomic E-state index is 11.8. The number of nitro benzene ring substituents is 1. The topological polar surface area (TPSA) is 99.9 Å². The summed E-state index contributed by atoms with van der Waals surface area (Å²) in [4.78, 5) is 22.3. The smallest absolute Gasteiger partial charge is 0.311 e. The molecular formula is C19H22N2O6. The first-order chi connectivity index (χ1) is 13.0. The van der Waals surface area contributed by atoms with E-state index in [1.54, 1.807) is 37.3 Å². The second-order valence-electron chi connectivity index (χ2n) is 5.62. The van der Waals surface area contributed by atoms with Gasteiger partial charge in [-0.25, -0.2) is 0 Å². The molecule has 0 fully saturated rings. The van der Waals surface area contributed by atoms with Gasteiger partial charge in [-0.2, -0.15) is 0 Å². The number of rotatable bonds is 10. The van der Waals surface area contributed by atoms with Gasteiger partial charge in [0.15, 0.2) is 12.4 Å². The number of nitro groups is 1. The van der Waals surface area contributed by atoms with Crippen LogP contribution >= 0.6 is 0 Å². The summed E-state index contributed by atoms with van der Waals surface area (Å²) in [7, 11) is 0. The molecule has 0 unspecified atom stereocenters. The maximum Gasteiger partial charge on any atom is 0.311 e. The highest BCUT2D eigenvalue weighted by Gasteiger charge is 2.16. The van der Waals surface area contributed by atoms with Crippen molar-refractivity contribution in [3.8, 4) is 17.2 Å². The molecule has 27 heavy (non-hydrogen) atoms. The lowest BCUT2D eigenvalue weighted by Crippen LogP contribution is -2.32. The molecule has 1 N–H and O–H groups in total. The van der Waals surface area contributed by atoms with Crippen molar-refractivity contribution in [2.24, 2.45) is 0 Å². The van der Waals surface area contributed by atoms with Crippen LogP contribution < -0.4 is 19.5 Å². The minimum atomic E-state index is -0.537. The van der Waals surface area contributed by atoms with Gasteiger partial charge in [-0.05, 0) is 49.7 Å². The summed E-state index contributed by atoms with van der Waals surface area (Å²) in [5, 5.41) is 13.7. The highest BCUT2D eigenvalue weighted by Crippen LogP contribution is 2.27. The van der Waals surface area contributed by atoms with Crippen LogP contribution in [0.5, 0.6) is 17.2 Å². The highest BCUT2D eigenvalue weighted by molar-refractivity contribution is 5.77. The number of nitrogens with zero attached hydrogens (tertiary/aromatic N) is 1. The molecule has 0 spiro atoms. The van der Waals surface area contributed by atoms with Crippen LogP contribution in [-0.2, 0) is 4.79 Å². The monoisotopic (exact) mass is 374 g/mol. The lowest BCUT2D eigenvalue weighted by molar-refractivity contribution is -0.385. The molecule has 2 aromatic carbocycles. The maximum absolute atomic E-state index is 11.8. The predicted molar refractivity (Wildman–Crippen MR) is 99.4 cm³/mol. The Bertz CT molecular complexity index is 776. The number of carbonyl (C=O) groups excluding carboxylic acids is 1. The molecule has 1 amide bonds. The van der Waals surface area contributed by atoms with E-state index in [-0.39, 0.29) is 37.1 Å². The Balaban J connectivity index is 1.71. The third kappa shape index (κ3) is 6.50. The van der Waals surface area contributed by atoms with E-state index in [1.165, 1.54) is 12.1 Å². The van der Waals surface area contributed by atoms with E-state index in [0.717, 1.165) is 11.3 Å². The second-order valence-corrected chi connectivity index (χ2v) is 5.62. The lowest BCUT2D eigenvalue weighted by Gasteiger charge is -2.10. The standard InChI is InChI=1S/C19H22N2O6/c1-3-25-15-5-7-16(8-6-15)26-11-10-20-19(22)13-27-18-9-4-14(2)12-17(18)21(23)24/h4-9,12H,3,10-11,13H2,1-2H3,(H,20,22). The number of hydrogen-bond acceptors (Lipinski definition) is 6. The SMILES string of the molecule is CCOc1ccc(OCCNC(=O)COc2ccc(C)cc2[N+](=O)[O-])cc1. The van der Waals surface area contributed by atoms with E-state index in [2.05, 4.69) is 5.32 Å². The first kappa shape index (κ1) is 20.0. The molecule has 0 saturated carbocycles. The summed E-state index contributed by atoms with van der Waals surface area (Å²) < 4.78 is 16.1. The quantitative estimate of drug-likeness (QED) is 0.390. The molecule has 144 valence electrons. The normalized spacial score (nSPS) is 10.1. The fourth-order valence-corrected chi connectivity index (χ4v) is 2.24. The number of aryl methyl sites for hydroxylation is 1. The molecule has 0 radical (unpaired) electrons. The van der Waals surface area contributed by atoms with E-state index < -0.39 is 4.92 Å². The van der Waals surface area contributed by atoms with E-state index in [0.29, 0.717) is 12.4 Å². The van der Waals surface area contributed by atoms with Crippen LogP contribution in [0.4, 0.5) is 5.69 Å². The third-order valence-corrected chi connectivity index (χ3v) is 3.50. The Morgan fingerprint density at radius 1 is 1.07 bits per heavy atom. The molecule has 0 aliphatic heterocycles. The van der Waals surface area contributed by atoms with Gasteiger partial charge in [-0.15, -0.1) is 0 Å². The molecule has 0 aliphatic rings. The third-order valence-electron chi connectivity index (χ3n) is 3.50. The number of hydrogen-bond donors (Lipinski definition) is 1. The average molecular weight is 374 g/mol. The Morgan fingerprint density at radius 3 is 2.37 bits per heavy atom. The van der Waals surface area contributed by atoms with E-state index in [4.69, 9.17) is 14.2 Å². The Kier molecular flexibility index (Phi) is 7.42. The van der Waals surface area contributed by atoms with E-state index in [1.807, 2.05) is 6.92 Å². The van der Waals surface area contributed by atoms with Gasteiger partial charge < -0.3 is 19.5 Å². The summed E-state index contributed by atoms with van der Waals surface area (Å²) >= 11 is 0. The number of nitrogens with one attached hydrogen (secondary N) is 1. The zero-order valence-electron chi connectivity index (χ0n) is 15.3. The molecular weight excluding hydrogens is 352 g/mol. The summed E-state index contributed by atoms with van der Waals surface area (Å²) in [5.41, 5.74) is 0.576. The summed E-state index contributed by atoms with van der Waals surface area (Å²) in [6.45, 7) is 4.50. The van der Waals surface area contributed by atoms with Crippen LogP contribution in [0.1, 0.15) is 12.5 Å². The van der Waals surface area contributed by atoms with Crippen molar-refractivity contribution in [2.75, 3.05) is 26.4 Å². The largest absolute Gasteiger partial charge is 0.494 e. The summed E-state index contributed by atoms with van der Waals surface area (Å²) in [6, 6.07) is 11.7. The lowest BCUT2D eigenvalue weighted by atomic mass is 10.2. The van der Waals surface area contributed by atoms with Crippen LogP contribution in [0.15, 0.2) is 42.5 Å². The molecule has 0 heterocycles. The van der Waals surface area contributed by atoms with Gasteiger partial charge in [0.05, 0.1) is 18.1 Å². The van der Waals surface area contributed by atoms with Crippen LogP contribution in [0.2, 0.25) is 0 Å². The molecule has 0 aliphatic carbocycles. The number of ether oxygens (including phenoxy) is 3. The molecule has 8 nitrogen and oxygen atoms in total. The summed E-state index contributed by atoms with van der Waals surface area (Å²) in [5.74, 6) is 1.10. The highest BCUT2D eigenvalue weighted by atomic mass is 16.6. The van der Waals surface area contributed by atoms with Crippen LogP contribution in [0.3, 0.4) is 0 Å². The molecule has 0 bridgehead atoms. The molecule has 0 aromatic heterocycles. The zero-order chi connectivity index (χ0) is 19.6. The van der Waals surface area contributed by atoms with Crippen molar-refractivity contribution in [2.45, 2.75) is 13.8 Å². The van der Waals surface area contributed by atoms with Gasteiger partial charge in [0, 0.05) is 6.07 Å². The first-order valence-electron chi connectivity index (χ1n) is 8.49. The van der Waals surface area contributed by atoms with Crippen LogP contribution in [0, 0.1) is 17.0 Å². The van der Waals surface area contributed by atoms with Crippen molar-refractivity contribution >= 4 is 11.6 Å². The van der Waals surface area contributed by atoms with Gasteiger partial charge in [-0.1, -0.05) is 6.07 Å². The Hall–Kier alpha value is -3.29. The van der Waals surface area contributed by atoms with Crippen molar-refractivity contribution < 1.29 is 23.9 Å². The summed E-state index contributed by atoms with van der Waals surface area (Å²) in [6.07, 6.45) is 0.